The van der Waals surface area contributed by atoms with Crippen molar-refractivity contribution in [2.45, 2.75) is 26.4 Å². The van der Waals surface area contributed by atoms with Gasteiger partial charge < -0.3 is 10.6 Å². The van der Waals surface area contributed by atoms with Gasteiger partial charge in [-0.1, -0.05) is 18.2 Å². The van der Waals surface area contributed by atoms with Crippen LogP contribution in [0.5, 0.6) is 0 Å². The third kappa shape index (κ3) is 3.82. The average molecular weight is 348 g/mol. The number of carbonyl (C=O) groups excluding carboxylic acids is 1. The highest BCUT2D eigenvalue weighted by Gasteiger charge is 2.20. The van der Waals surface area contributed by atoms with Crippen LogP contribution in [0.25, 0.3) is 0 Å². The first-order valence-electron chi connectivity index (χ1n) is 6.74. The molecule has 0 spiro atoms. The van der Waals surface area contributed by atoms with E-state index in [4.69, 9.17) is 5.73 Å². The van der Waals surface area contributed by atoms with E-state index in [1.54, 1.807) is 23.4 Å². The fraction of sp³-hybridized carbons (Fsp3) is 0.250. The number of aromatic nitrogens is 1. The fourth-order valence-electron chi connectivity index (χ4n) is 2.05. The minimum atomic E-state index is -0.0537. The molecule has 1 aromatic carbocycles. The Morgan fingerprint density at radius 1 is 1.33 bits per heavy atom. The molecule has 5 heteroatoms. The van der Waals surface area contributed by atoms with Gasteiger partial charge in [-0.25, -0.2) is 0 Å². The van der Waals surface area contributed by atoms with Crippen LogP contribution in [0, 0.1) is 0 Å². The van der Waals surface area contributed by atoms with Crippen molar-refractivity contribution in [3.05, 3.63) is 58.3 Å². The standard InChI is InChI=1S/C16H18BrN3O/c1-11(2)20(10-12-5-3-4-6-15(12)18)16(21)13-7-14(17)9-19-8-13/h3-9,11H,10,18H2,1-2H3. The zero-order chi connectivity index (χ0) is 15.4. The molecule has 2 rings (SSSR count). The lowest BCUT2D eigenvalue weighted by Gasteiger charge is -2.27. The van der Waals surface area contributed by atoms with Gasteiger partial charge in [-0.2, -0.15) is 0 Å². The largest absolute Gasteiger partial charge is 0.398 e. The number of nitrogen functional groups attached to an aromatic ring is 1. The lowest BCUT2D eigenvalue weighted by Crippen LogP contribution is -2.36. The van der Waals surface area contributed by atoms with Crippen LogP contribution in [0.1, 0.15) is 29.8 Å². The molecule has 2 aromatic rings. The lowest BCUT2D eigenvalue weighted by atomic mass is 10.1. The van der Waals surface area contributed by atoms with Crippen molar-refractivity contribution >= 4 is 27.5 Å². The van der Waals surface area contributed by atoms with Crippen molar-refractivity contribution in [3.8, 4) is 0 Å². The lowest BCUT2D eigenvalue weighted by molar-refractivity contribution is 0.0690. The monoisotopic (exact) mass is 347 g/mol. The highest BCUT2D eigenvalue weighted by atomic mass is 79.9. The third-order valence-corrected chi connectivity index (χ3v) is 3.67. The Kier molecular flexibility index (Phi) is 4.96. The van der Waals surface area contributed by atoms with Gasteiger partial charge in [-0.15, -0.1) is 0 Å². The quantitative estimate of drug-likeness (QED) is 0.861. The number of hydrogen-bond acceptors (Lipinski definition) is 3. The van der Waals surface area contributed by atoms with E-state index in [1.807, 2.05) is 38.1 Å². The first-order chi connectivity index (χ1) is 9.99. The van der Waals surface area contributed by atoms with E-state index in [0.717, 1.165) is 10.0 Å². The van der Waals surface area contributed by atoms with Crippen molar-refractivity contribution in [2.75, 3.05) is 5.73 Å². The van der Waals surface area contributed by atoms with Crippen molar-refractivity contribution in [2.24, 2.45) is 0 Å². The molecular formula is C16H18BrN3O. The summed E-state index contributed by atoms with van der Waals surface area (Å²) in [5, 5.41) is 0. The van der Waals surface area contributed by atoms with Gasteiger partial charge in [0.25, 0.3) is 5.91 Å². The number of pyridine rings is 1. The summed E-state index contributed by atoms with van der Waals surface area (Å²) in [6.07, 6.45) is 3.24. The number of carbonyl (C=O) groups is 1. The number of benzene rings is 1. The smallest absolute Gasteiger partial charge is 0.255 e. The molecule has 0 fully saturated rings. The SMILES string of the molecule is CC(C)N(Cc1ccccc1N)C(=O)c1cncc(Br)c1. The number of halogens is 1. The zero-order valence-electron chi connectivity index (χ0n) is 12.1. The summed E-state index contributed by atoms with van der Waals surface area (Å²) in [5.74, 6) is -0.0537. The van der Waals surface area contributed by atoms with Gasteiger partial charge in [0.15, 0.2) is 0 Å². The molecule has 1 amide bonds. The molecule has 21 heavy (non-hydrogen) atoms. The summed E-state index contributed by atoms with van der Waals surface area (Å²) >= 11 is 3.34. The van der Waals surface area contributed by atoms with E-state index in [9.17, 15) is 4.79 Å². The zero-order valence-corrected chi connectivity index (χ0v) is 13.7. The van der Waals surface area contributed by atoms with Gasteiger partial charge >= 0.3 is 0 Å². The van der Waals surface area contributed by atoms with Crippen LogP contribution in [0.2, 0.25) is 0 Å². The molecule has 0 saturated carbocycles. The Balaban J connectivity index is 2.27. The molecule has 110 valence electrons. The van der Waals surface area contributed by atoms with E-state index >= 15 is 0 Å². The van der Waals surface area contributed by atoms with E-state index in [1.165, 1.54) is 0 Å². The van der Waals surface area contributed by atoms with Crippen LogP contribution in [0.3, 0.4) is 0 Å². The molecular weight excluding hydrogens is 330 g/mol. The van der Waals surface area contributed by atoms with E-state index < -0.39 is 0 Å². The van der Waals surface area contributed by atoms with E-state index in [2.05, 4.69) is 20.9 Å². The van der Waals surface area contributed by atoms with E-state index in [-0.39, 0.29) is 11.9 Å². The van der Waals surface area contributed by atoms with Crippen LogP contribution in [-0.4, -0.2) is 21.8 Å². The third-order valence-electron chi connectivity index (χ3n) is 3.23. The van der Waals surface area contributed by atoms with Gasteiger partial charge in [-0.3, -0.25) is 9.78 Å². The van der Waals surface area contributed by atoms with Gasteiger partial charge in [-0.05, 0) is 47.5 Å². The minimum Gasteiger partial charge on any atom is -0.398 e. The van der Waals surface area contributed by atoms with Gasteiger partial charge in [0.2, 0.25) is 0 Å². The maximum Gasteiger partial charge on any atom is 0.255 e. The summed E-state index contributed by atoms with van der Waals surface area (Å²) in [5.41, 5.74) is 8.18. The predicted octanol–water partition coefficient (Wildman–Crippen LogP) is 3.48. The van der Waals surface area contributed by atoms with Crippen molar-refractivity contribution in [3.63, 3.8) is 0 Å². The molecule has 0 aliphatic rings. The minimum absolute atomic E-state index is 0.0537. The van der Waals surface area contributed by atoms with Crippen molar-refractivity contribution in [1.82, 2.24) is 9.88 Å². The summed E-state index contributed by atoms with van der Waals surface area (Å²) in [7, 11) is 0. The molecule has 0 saturated heterocycles. The Morgan fingerprint density at radius 3 is 2.67 bits per heavy atom. The second-order valence-electron chi connectivity index (χ2n) is 5.12. The Labute approximate surface area is 133 Å². The molecule has 0 bridgehead atoms. The molecule has 0 aliphatic carbocycles. The average Bonchev–Trinajstić information content (AvgIpc) is 2.45. The highest BCUT2D eigenvalue weighted by Crippen LogP contribution is 2.18. The Bertz CT molecular complexity index is 643. The summed E-state index contributed by atoms with van der Waals surface area (Å²) < 4.78 is 0.788. The molecule has 0 aliphatic heterocycles. The molecule has 4 nitrogen and oxygen atoms in total. The van der Waals surface area contributed by atoms with Crippen molar-refractivity contribution < 1.29 is 4.79 Å². The summed E-state index contributed by atoms with van der Waals surface area (Å²) in [4.78, 5) is 18.5. The molecule has 0 radical (unpaired) electrons. The number of nitrogens with two attached hydrogens (primary N) is 1. The second kappa shape index (κ2) is 6.72. The van der Waals surface area contributed by atoms with Gasteiger partial charge in [0, 0.05) is 35.1 Å². The first-order valence-corrected chi connectivity index (χ1v) is 7.53. The highest BCUT2D eigenvalue weighted by molar-refractivity contribution is 9.10. The van der Waals surface area contributed by atoms with Gasteiger partial charge in [0.05, 0.1) is 5.56 Å². The van der Waals surface area contributed by atoms with E-state index in [0.29, 0.717) is 17.8 Å². The van der Waals surface area contributed by atoms with Crippen molar-refractivity contribution in [1.29, 1.82) is 0 Å². The molecule has 0 unspecified atom stereocenters. The Morgan fingerprint density at radius 2 is 2.05 bits per heavy atom. The summed E-state index contributed by atoms with van der Waals surface area (Å²) in [6, 6.07) is 9.44. The molecule has 2 N–H and O–H groups in total. The van der Waals surface area contributed by atoms with Crippen LogP contribution >= 0.6 is 15.9 Å². The topological polar surface area (TPSA) is 59.2 Å². The van der Waals surface area contributed by atoms with Crippen LogP contribution in [0.4, 0.5) is 5.69 Å². The van der Waals surface area contributed by atoms with Crippen LogP contribution in [-0.2, 0) is 6.54 Å². The van der Waals surface area contributed by atoms with Crippen LogP contribution < -0.4 is 5.73 Å². The molecule has 0 atom stereocenters. The first kappa shape index (κ1) is 15.5. The number of amides is 1. The second-order valence-corrected chi connectivity index (χ2v) is 6.03. The van der Waals surface area contributed by atoms with Crippen LogP contribution in [0.15, 0.2) is 47.2 Å². The predicted molar refractivity (Wildman–Crippen MR) is 87.8 cm³/mol. The number of rotatable bonds is 4. The number of anilines is 1. The maximum absolute atomic E-state index is 12.7. The Hall–Kier alpha value is -1.88. The number of hydrogen-bond donors (Lipinski definition) is 1. The maximum atomic E-state index is 12.7. The van der Waals surface area contributed by atoms with Gasteiger partial charge in [0.1, 0.15) is 0 Å². The fourth-order valence-corrected chi connectivity index (χ4v) is 2.41. The summed E-state index contributed by atoms with van der Waals surface area (Å²) in [6.45, 7) is 4.46. The molecule has 1 aromatic heterocycles. The number of nitrogens with zero attached hydrogens (tertiary/aromatic N) is 2. The molecule has 1 heterocycles. The normalized spacial score (nSPS) is 10.7. The number of para-hydroxylation sites is 1.